The number of aromatic nitrogens is 4. The molecule has 0 aliphatic rings. The second kappa shape index (κ2) is 3.06. The molecule has 6 heteroatoms. The maximum absolute atomic E-state index is 11.7. The molecule has 0 saturated heterocycles. The number of fused-ring (bicyclic) bond motifs is 1. The van der Waals surface area contributed by atoms with Gasteiger partial charge in [-0.1, -0.05) is 0 Å². The summed E-state index contributed by atoms with van der Waals surface area (Å²) in [6.45, 7) is 1.67. The summed E-state index contributed by atoms with van der Waals surface area (Å²) in [7, 11) is 1.40. The lowest BCUT2D eigenvalue weighted by atomic mass is 10.5. The topological polar surface area (TPSA) is 69.9 Å². The predicted molar refractivity (Wildman–Crippen MR) is 48.8 cm³/mol. The number of aryl methyl sites for hydroxylation is 1. The molecule has 0 radical (unpaired) electrons. The summed E-state index contributed by atoms with van der Waals surface area (Å²) >= 11 is 0. The third-order valence-corrected chi connectivity index (χ3v) is 1.81. The van der Waals surface area contributed by atoms with E-state index in [9.17, 15) is 4.79 Å². The molecule has 0 fully saturated rings. The molecular formula is C8H8N4O2. The molecule has 14 heavy (non-hydrogen) atoms. The Hall–Kier alpha value is -1.98. The zero-order valence-corrected chi connectivity index (χ0v) is 7.76. The molecule has 6 nitrogen and oxygen atoms in total. The largest absolute Gasteiger partial charge is 0.412 e. The summed E-state index contributed by atoms with van der Waals surface area (Å²) in [5.41, 5.74) is 0.200. The van der Waals surface area contributed by atoms with Gasteiger partial charge in [0.15, 0.2) is 11.2 Å². The fraction of sp³-hybridized carbons (Fsp3) is 0.250. The van der Waals surface area contributed by atoms with Crippen LogP contribution >= 0.6 is 0 Å². The fourth-order valence-electron chi connectivity index (χ4n) is 1.22. The Labute approximate surface area is 79.2 Å². The molecule has 0 unspecified atom stereocenters. The summed E-state index contributed by atoms with van der Waals surface area (Å²) in [4.78, 5) is 28.4. The van der Waals surface area contributed by atoms with Gasteiger partial charge < -0.3 is 4.84 Å². The summed E-state index contributed by atoms with van der Waals surface area (Å²) in [5, 5.41) is 0. The Morgan fingerprint density at radius 1 is 1.36 bits per heavy atom. The van der Waals surface area contributed by atoms with Crippen molar-refractivity contribution in [2.24, 2.45) is 0 Å². The minimum Gasteiger partial charge on any atom is -0.412 e. The van der Waals surface area contributed by atoms with E-state index in [-0.39, 0.29) is 11.1 Å². The number of hydrogen-bond donors (Lipinski definition) is 0. The van der Waals surface area contributed by atoms with Crippen molar-refractivity contribution >= 4 is 11.2 Å². The van der Waals surface area contributed by atoms with Crippen LogP contribution in [0, 0.1) is 6.92 Å². The molecule has 0 atom stereocenters. The SMILES string of the molecule is COn1c(C)nc2nccnc2c1=O. The summed E-state index contributed by atoms with van der Waals surface area (Å²) in [5.74, 6) is 0.450. The van der Waals surface area contributed by atoms with Crippen molar-refractivity contribution in [2.75, 3.05) is 7.11 Å². The van der Waals surface area contributed by atoms with Crippen molar-refractivity contribution in [1.82, 2.24) is 19.7 Å². The second-order valence-electron chi connectivity index (χ2n) is 2.67. The Balaban J connectivity index is 2.93. The molecule has 2 aromatic rings. The molecule has 0 spiro atoms. The van der Waals surface area contributed by atoms with Crippen LogP contribution in [-0.4, -0.2) is 26.8 Å². The summed E-state index contributed by atoms with van der Waals surface area (Å²) in [6, 6.07) is 0. The quantitative estimate of drug-likeness (QED) is 0.612. The molecule has 0 aliphatic carbocycles. The molecule has 2 rings (SSSR count). The van der Waals surface area contributed by atoms with Gasteiger partial charge in [-0.2, -0.15) is 0 Å². The lowest BCUT2D eigenvalue weighted by molar-refractivity contribution is 0.149. The first-order chi connectivity index (χ1) is 6.74. The van der Waals surface area contributed by atoms with Crippen molar-refractivity contribution < 1.29 is 4.84 Å². The van der Waals surface area contributed by atoms with Crippen molar-refractivity contribution in [1.29, 1.82) is 0 Å². The molecule has 0 aliphatic heterocycles. The van der Waals surface area contributed by atoms with Gasteiger partial charge in [-0.25, -0.2) is 15.0 Å². The predicted octanol–water partition coefficient (Wildman–Crippen LogP) is -0.447. The van der Waals surface area contributed by atoms with Gasteiger partial charge in [-0.15, -0.1) is 4.73 Å². The van der Waals surface area contributed by atoms with Gasteiger partial charge in [0.25, 0.3) is 0 Å². The lowest BCUT2D eigenvalue weighted by Crippen LogP contribution is -2.28. The summed E-state index contributed by atoms with van der Waals surface area (Å²) < 4.78 is 1.08. The van der Waals surface area contributed by atoms with Crippen molar-refractivity contribution in [3.63, 3.8) is 0 Å². The Morgan fingerprint density at radius 3 is 2.79 bits per heavy atom. The zero-order chi connectivity index (χ0) is 10.1. The second-order valence-corrected chi connectivity index (χ2v) is 2.67. The Morgan fingerprint density at radius 2 is 2.07 bits per heavy atom. The van der Waals surface area contributed by atoms with Crippen LogP contribution in [-0.2, 0) is 0 Å². The van der Waals surface area contributed by atoms with Gasteiger partial charge >= 0.3 is 5.56 Å². The number of rotatable bonds is 1. The van der Waals surface area contributed by atoms with Crippen LogP contribution < -0.4 is 10.4 Å². The van der Waals surface area contributed by atoms with Crippen LogP contribution in [0.1, 0.15) is 5.82 Å². The average molecular weight is 192 g/mol. The molecule has 0 N–H and O–H groups in total. The van der Waals surface area contributed by atoms with Crippen LogP contribution in [0.15, 0.2) is 17.2 Å². The summed E-state index contributed by atoms with van der Waals surface area (Å²) in [6.07, 6.45) is 2.94. The molecule has 0 saturated carbocycles. The van der Waals surface area contributed by atoms with Gasteiger partial charge in [0.05, 0.1) is 0 Å². The third-order valence-electron chi connectivity index (χ3n) is 1.81. The van der Waals surface area contributed by atoms with E-state index in [1.54, 1.807) is 6.92 Å². The minimum atomic E-state index is -0.344. The molecule has 2 heterocycles. The van der Waals surface area contributed by atoms with E-state index in [0.29, 0.717) is 11.5 Å². The van der Waals surface area contributed by atoms with E-state index >= 15 is 0 Å². The van der Waals surface area contributed by atoms with Crippen molar-refractivity contribution in [3.05, 3.63) is 28.6 Å². The van der Waals surface area contributed by atoms with Crippen LogP contribution in [0.5, 0.6) is 0 Å². The highest BCUT2D eigenvalue weighted by Gasteiger charge is 2.08. The lowest BCUT2D eigenvalue weighted by Gasteiger charge is -2.06. The van der Waals surface area contributed by atoms with E-state index < -0.39 is 0 Å². The number of hydrogen-bond acceptors (Lipinski definition) is 5. The smallest absolute Gasteiger partial charge is 0.314 e. The van der Waals surface area contributed by atoms with Gasteiger partial charge in [0.2, 0.25) is 0 Å². The highest BCUT2D eigenvalue weighted by atomic mass is 16.7. The molecule has 72 valence electrons. The molecule has 0 amide bonds. The van der Waals surface area contributed by atoms with Crippen molar-refractivity contribution in [3.8, 4) is 0 Å². The van der Waals surface area contributed by atoms with E-state index in [0.717, 1.165) is 4.73 Å². The van der Waals surface area contributed by atoms with Crippen LogP contribution in [0.25, 0.3) is 11.2 Å². The average Bonchev–Trinajstić information content (AvgIpc) is 2.18. The van der Waals surface area contributed by atoms with Gasteiger partial charge in [-0.05, 0) is 6.92 Å². The fourth-order valence-corrected chi connectivity index (χ4v) is 1.22. The highest BCUT2D eigenvalue weighted by molar-refractivity contribution is 5.67. The van der Waals surface area contributed by atoms with Crippen LogP contribution in [0.2, 0.25) is 0 Å². The highest BCUT2D eigenvalue weighted by Crippen LogP contribution is 1.99. The normalized spacial score (nSPS) is 10.4. The molecular weight excluding hydrogens is 184 g/mol. The van der Waals surface area contributed by atoms with Crippen LogP contribution in [0.4, 0.5) is 0 Å². The Kier molecular flexibility index (Phi) is 1.88. The maximum Gasteiger partial charge on any atom is 0.314 e. The van der Waals surface area contributed by atoms with Gasteiger partial charge in [0, 0.05) is 12.4 Å². The first-order valence-corrected chi connectivity index (χ1v) is 3.99. The molecule has 2 aromatic heterocycles. The van der Waals surface area contributed by atoms with Crippen LogP contribution in [0.3, 0.4) is 0 Å². The van der Waals surface area contributed by atoms with E-state index in [1.165, 1.54) is 19.5 Å². The minimum absolute atomic E-state index is 0.208. The molecule has 0 aromatic carbocycles. The maximum atomic E-state index is 11.7. The third kappa shape index (κ3) is 1.12. The number of nitrogens with zero attached hydrogens (tertiary/aromatic N) is 4. The monoisotopic (exact) mass is 192 g/mol. The first kappa shape index (κ1) is 8.61. The van der Waals surface area contributed by atoms with E-state index in [4.69, 9.17) is 4.84 Å². The standard InChI is InChI=1S/C8H8N4O2/c1-5-11-7-6(9-3-4-10-7)8(13)12(5)14-2/h3-4H,1-2H3. The molecule has 0 bridgehead atoms. The van der Waals surface area contributed by atoms with E-state index in [1.807, 2.05) is 0 Å². The van der Waals surface area contributed by atoms with Gasteiger partial charge in [0.1, 0.15) is 12.9 Å². The Bertz CT molecular complexity index is 534. The first-order valence-electron chi connectivity index (χ1n) is 3.99. The van der Waals surface area contributed by atoms with Crippen molar-refractivity contribution in [2.45, 2.75) is 6.92 Å². The van der Waals surface area contributed by atoms with E-state index in [2.05, 4.69) is 15.0 Å². The van der Waals surface area contributed by atoms with Gasteiger partial charge in [-0.3, -0.25) is 4.79 Å². The zero-order valence-electron chi connectivity index (χ0n) is 7.76.